The fraction of sp³-hybridized carbons (Fsp3) is 0.972. The van der Waals surface area contributed by atoms with E-state index in [0.29, 0.717) is 19.3 Å². The number of alkyl halides is 2. The van der Waals surface area contributed by atoms with E-state index in [4.69, 9.17) is 9.47 Å². The van der Waals surface area contributed by atoms with Crippen LogP contribution < -0.4 is 5.32 Å². The van der Waals surface area contributed by atoms with Crippen molar-refractivity contribution in [2.45, 2.75) is 155 Å². The number of carbonyl (C=O) groups excluding carboxylic acids is 1. The van der Waals surface area contributed by atoms with Crippen molar-refractivity contribution >= 4 is 5.97 Å². The van der Waals surface area contributed by atoms with Crippen LogP contribution in [-0.2, 0) is 14.3 Å². The average molecular weight is 622 g/mol. The average Bonchev–Trinajstić information content (AvgIpc) is 3.30. The molecule has 0 radical (unpaired) electrons. The van der Waals surface area contributed by atoms with Crippen molar-refractivity contribution in [1.29, 1.82) is 0 Å². The van der Waals surface area contributed by atoms with Crippen molar-refractivity contribution in [2.75, 3.05) is 13.1 Å². The van der Waals surface area contributed by atoms with Crippen molar-refractivity contribution < 1.29 is 33.3 Å². The van der Waals surface area contributed by atoms with Crippen LogP contribution in [-0.4, -0.2) is 64.7 Å². The second kappa shape index (κ2) is 9.41. The van der Waals surface area contributed by atoms with Gasteiger partial charge in [-0.25, -0.2) is 8.78 Å². The van der Waals surface area contributed by atoms with Gasteiger partial charge in [0.2, 0.25) is 0 Å². The van der Waals surface area contributed by atoms with Gasteiger partial charge >= 0.3 is 5.97 Å². The van der Waals surface area contributed by atoms with Gasteiger partial charge in [-0.3, -0.25) is 4.79 Å². The van der Waals surface area contributed by atoms with Crippen LogP contribution in [0.25, 0.3) is 0 Å². The third-order valence-corrected chi connectivity index (χ3v) is 15.8. The van der Waals surface area contributed by atoms with E-state index in [0.717, 1.165) is 58.0 Å². The largest absolute Gasteiger partial charge is 0.462 e. The maximum atomic E-state index is 15.8. The van der Waals surface area contributed by atoms with Crippen molar-refractivity contribution in [1.82, 2.24) is 5.32 Å². The quantitative estimate of drug-likeness (QED) is 0.321. The number of fused-ring (bicyclic) bond motifs is 2. The first-order valence-corrected chi connectivity index (χ1v) is 17.7. The van der Waals surface area contributed by atoms with Gasteiger partial charge in [-0.1, -0.05) is 27.7 Å². The van der Waals surface area contributed by atoms with Gasteiger partial charge in [0.15, 0.2) is 0 Å². The molecule has 11 atom stereocenters. The number of aliphatic hydroxyl groups excluding tert-OH is 1. The summed E-state index contributed by atoms with van der Waals surface area (Å²) in [7, 11) is 0. The van der Waals surface area contributed by atoms with Gasteiger partial charge in [0.25, 0.3) is 5.92 Å². The lowest BCUT2D eigenvalue weighted by Gasteiger charge is -2.65. The molecular formula is C36H57F2NO5. The SMILES string of the molecule is CC(C)(O)[C@@H]1CC[C@@](C)([C@H]2[C@@H](O)C[C@@]3(C)[C@@H]4C[C@H](OC(=O)C5CCNCC5)[C@H]5C(C)(C)C(F)(F)CC[C@@]56C[C@@]46CC[C@]23C)O1. The van der Waals surface area contributed by atoms with Crippen LogP contribution in [0.1, 0.15) is 119 Å². The first-order valence-electron chi connectivity index (χ1n) is 17.7. The van der Waals surface area contributed by atoms with Crippen molar-refractivity contribution in [3.05, 3.63) is 0 Å². The lowest BCUT2D eigenvalue weighted by atomic mass is 9.41. The monoisotopic (exact) mass is 621 g/mol. The minimum Gasteiger partial charge on any atom is -0.462 e. The fourth-order valence-corrected chi connectivity index (χ4v) is 13.4. The maximum Gasteiger partial charge on any atom is 0.309 e. The highest BCUT2D eigenvalue weighted by Gasteiger charge is 2.86. The number of halogens is 2. The summed E-state index contributed by atoms with van der Waals surface area (Å²) >= 11 is 0. The molecule has 5 aliphatic carbocycles. The molecule has 0 aromatic heterocycles. The van der Waals surface area contributed by atoms with E-state index >= 15 is 8.78 Å². The van der Waals surface area contributed by atoms with E-state index in [2.05, 4.69) is 26.1 Å². The molecule has 0 aromatic carbocycles. The van der Waals surface area contributed by atoms with E-state index in [1.165, 1.54) is 0 Å². The van der Waals surface area contributed by atoms with Gasteiger partial charge in [-0.2, -0.15) is 0 Å². The molecule has 7 fully saturated rings. The topological polar surface area (TPSA) is 88.0 Å². The summed E-state index contributed by atoms with van der Waals surface area (Å²) in [5, 5.41) is 26.1. The molecule has 7 rings (SSSR count). The standard InChI is InChI=1S/C36H57F2NO5/c1-29(2)27-23(43-28(41)21-9-16-39-17-10-21)18-24-32(6)19-22(40)26(33(7)11-8-25(44-33)30(3,4)42)31(32,5)12-13-34(24)20-35(27,34)14-15-36(29,37)38/h21-27,39-40,42H,8-20H2,1-7H3/t22-,23-,24-,25-,26-,27-,31+,32-,33-,34-,35+/m0/s1. The molecule has 2 heterocycles. The summed E-state index contributed by atoms with van der Waals surface area (Å²) in [4.78, 5) is 13.7. The number of rotatable bonds is 4. The van der Waals surface area contributed by atoms with Gasteiger partial charge in [0, 0.05) is 23.7 Å². The van der Waals surface area contributed by atoms with Crippen LogP contribution in [0.5, 0.6) is 0 Å². The normalized spacial score (nSPS) is 52.8. The Morgan fingerprint density at radius 2 is 1.57 bits per heavy atom. The van der Waals surface area contributed by atoms with Crippen LogP contribution in [0.3, 0.4) is 0 Å². The van der Waals surface area contributed by atoms with Gasteiger partial charge in [-0.05, 0) is 126 Å². The minimum atomic E-state index is -2.81. The predicted molar refractivity (Wildman–Crippen MR) is 163 cm³/mol. The second-order valence-electron chi connectivity index (χ2n) is 18.4. The van der Waals surface area contributed by atoms with Crippen molar-refractivity contribution in [2.24, 2.45) is 50.7 Å². The molecule has 250 valence electrons. The fourth-order valence-electron chi connectivity index (χ4n) is 13.4. The summed E-state index contributed by atoms with van der Waals surface area (Å²) in [6, 6.07) is 0. The molecular weight excluding hydrogens is 564 g/mol. The Morgan fingerprint density at radius 3 is 2.20 bits per heavy atom. The summed E-state index contributed by atoms with van der Waals surface area (Å²) in [6.07, 6.45) is 6.04. The molecule has 2 saturated heterocycles. The van der Waals surface area contributed by atoms with Gasteiger partial charge in [-0.15, -0.1) is 0 Å². The molecule has 2 spiro atoms. The Bertz CT molecular complexity index is 1200. The summed E-state index contributed by atoms with van der Waals surface area (Å²) in [5.74, 6) is -3.50. The lowest BCUT2D eigenvalue weighted by molar-refractivity contribution is -0.252. The Morgan fingerprint density at radius 1 is 0.909 bits per heavy atom. The molecule has 8 heteroatoms. The van der Waals surface area contributed by atoms with Gasteiger partial charge in [0.05, 0.1) is 29.3 Å². The Balaban J connectivity index is 1.26. The van der Waals surface area contributed by atoms with Crippen LogP contribution >= 0.6 is 0 Å². The number of carbonyl (C=O) groups is 1. The number of nitrogens with one attached hydrogen (secondary N) is 1. The molecule has 0 bridgehead atoms. The Kier molecular flexibility index (Phi) is 6.79. The lowest BCUT2D eigenvalue weighted by Crippen LogP contribution is -2.64. The van der Waals surface area contributed by atoms with E-state index in [9.17, 15) is 15.0 Å². The van der Waals surface area contributed by atoms with E-state index < -0.39 is 34.7 Å². The van der Waals surface area contributed by atoms with E-state index in [-0.39, 0.29) is 63.8 Å². The molecule has 44 heavy (non-hydrogen) atoms. The van der Waals surface area contributed by atoms with E-state index in [1.54, 1.807) is 27.7 Å². The first kappa shape index (κ1) is 31.8. The zero-order valence-corrected chi connectivity index (χ0v) is 28.1. The molecule has 0 amide bonds. The number of hydrogen-bond donors (Lipinski definition) is 3. The Hall–Kier alpha value is -0.830. The van der Waals surface area contributed by atoms with Crippen LogP contribution in [0, 0.1) is 50.7 Å². The van der Waals surface area contributed by atoms with Crippen LogP contribution in [0.4, 0.5) is 8.78 Å². The molecule has 7 aliphatic rings. The number of esters is 1. The smallest absolute Gasteiger partial charge is 0.309 e. The third-order valence-electron chi connectivity index (χ3n) is 15.8. The second-order valence-corrected chi connectivity index (χ2v) is 18.4. The number of ether oxygens (including phenoxy) is 2. The Labute approximate surface area is 262 Å². The van der Waals surface area contributed by atoms with E-state index in [1.807, 2.05) is 0 Å². The summed E-state index contributed by atoms with van der Waals surface area (Å²) in [6.45, 7) is 15.5. The zero-order chi connectivity index (χ0) is 31.9. The highest BCUT2D eigenvalue weighted by molar-refractivity contribution is 5.73. The molecule has 2 aliphatic heterocycles. The molecule has 3 N–H and O–H groups in total. The highest BCUT2D eigenvalue weighted by Crippen LogP contribution is 2.90. The summed E-state index contributed by atoms with van der Waals surface area (Å²) in [5.41, 5.74) is -3.59. The maximum absolute atomic E-state index is 15.8. The minimum absolute atomic E-state index is 0.0565. The van der Waals surface area contributed by atoms with Crippen LogP contribution in [0.2, 0.25) is 0 Å². The summed E-state index contributed by atoms with van der Waals surface area (Å²) < 4.78 is 44.8. The number of hydrogen-bond acceptors (Lipinski definition) is 6. The number of piperidine rings is 1. The van der Waals surface area contributed by atoms with Gasteiger partial charge in [0.1, 0.15) is 6.10 Å². The predicted octanol–water partition coefficient (Wildman–Crippen LogP) is 6.26. The van der Waals surface area contributed by atoms with Crippen LogP contribution in [0.15, 0.2) is 0 Å². The molecule has 0 aromatic rings. The van der Waals surface area contributed by atoms with Gasteiger partial charge < -0.3 is 25.0 Å². The van der Waals surface area contributed by atoms with Crippen molar-refractivity contribution in [3.8, 4) is 0 Å². The van der Waals surface area contributed by atoms with Crippen molar-refractivity contribution in [3.63, 3.8) is 0 Å². The molecule has 5 saturated carbocycles. The molecule has 6 nitrogen and oxygen atoms in total. The third kappa shape index (κ3) is 3.92. The molecule has 0 unspecified atom stereocenters. The zero-order valence-electron chi connectivity index (χ0n) is 28.1. The first-order chi connectivity index (χ1) is 20.3. The number of aliphatic hydroxyl groups is 2. The highest BCUT2D eigenvalue weighted by atomic mass is 19.3.